The van der Waals surface area contributed by atoms with E-state index in [4.69, 9.17) is 23.4 Å². The summed E-state index contributed by atoms with van der Waals surface area (Å²) in [5.74, 6) is 1.30. The third-order valence-corrected chi connectivity index (χ3v) is 5.36. The van der Waals surface area contributed by atoms with E-state index in [-0.39, 0.29) is 24.0 Å². The molecule has 0 radical (unpaired) electrons. The summed E-state index contributed by atoms with van der Waals surface area (Å²) < 4.78 is 27.3. The fraction of sp³-hybridized carbons (Fsp3) is 0.333. The minimum absolute atomic E-state index is 0.0776. The average Bonchev–Trinajstić information content (AvgIpc) is 3.35. The second-order valence-corrected chi connectivity index (χ2v) is 7.43. The van der Waals surface area contributed by atoms with Crippen molar-refractivity contribution in [2.45, 2.75) is 18.9 Å². The van der Waals surface area contributed by atoms with Crippen LogP contribution >= 0.6 is 0 Å². The molecule has 1 N–H and O–H groups in total. The zero-order valence-corrected chi connectivity index (χ0v) is 18.0. The standard InChI is InChI=1S/C24H25NO7/c1-28-20-8-5-15(10-22(20)29-2)19-13-32-21-11-16(6-7-18(21)24(19)27)31-14-23(26)25-12-17-4-3-9-30-17/h5-8,10-11,13,17H,3-4,9,12,14H2,1-2H3,(H,25,26)/t17-/m1/s1. The number of amides is 1. The lowest BCUT2D eigenvalue weighted by atomic mass is 10.0. The number of nitrogens with one attached hydrogen (secondary N) is 1. The van der Waals surface area contributed by atoms with E-state index in [1.54, 1.807) is 43.5 Å². The minimum Gasteiger partial charge on any atom is -0.493 e. The lowest BCUT2D eigenvalue weighted by molar-refractivity contribution is -0.123. The monoisotopic (exact) mass is 439 g/mol. The second-order valence-electron chi connectivity index (χ2n) is 7.43. The van der Waals surface area contributed by atoms with Crippen LogP contribution in [-0.2, 0) is 9.53 Å². The molecule has 0 spiro atoms. The molecule has 0 bridgehead atoms. The predicted octanol–water partition coefficient (Wildman–Crippen LogP) is 3.15. The van der Waals surface area contributed by atoms with Gasteiger partial charge in [0.1, 0.15) is 17.6 Å². The molecule has 32 heavy (non-hydrogen) atoms. The first-order valence-electron chi connectivity index (χ1n) is 10.4. The topological polar surface area (TPSA) is 96.2 Å². The highest BCUT2D eigenvalue weighted by Gasteiger charge is 2.17. The van der Waals surface area contributed by atoms with Crippen molar-refractivity contribution in [3.63, 3.8) is 0 Å². The maximum absolute atomic E-state index is 13.0. The molecule has 4 rings (SSSR count). The molecular weight excluding hydrogens is 414 g/mol. The van der Waals surface area contributed by atoms with Gasteiger partial charge in [0.15, 0.2) is 23.5 Å². The van der Waals surface area contributed by atoms with Crippen molar-refractivity contribution in [2.75, 3.05) is 34.0 Å². The van der Waals surface area contributed by atoms with Crippen molar-refractivity contribution in [3.05, 3.63) is 52.9 Å². The van der Waals surface area contributed by atoms with Gasteiger partial charge < -0.3 is 28.7 Å². The van der Waals surface area contributed by atoms with Gasteiger partial charge in [-0.25, -0.2) is 0 Å². The summed E-state index contributed by atoms with van der Waals surface area (Å²) in [4.78, 5) is 25.0. The maximum Gasteiger partial charge on any atom is 0.258 e. The van der Waals surface area contributed by atoms with Gasteiger partial charge in [0.25, 0.3) is 5.91 Å². The van der Waals surface area contributed by atoms with E-state index in [0.29, 0.717) is 45.9 Å². The van der Waals surface area contributed by atoms with Crippen LogP contribution in [0, 0.1) is 0 Å². The maximum atomic E-state index is 13.0. The predicted molar refractivity (Wildman–Crippen MR) is 119 cm³/mol. The quantitative estimate of drug-likeness (QED) is 0.576. The number of carbonyl (C=O) groups is 1. The van der Waals surface area contributed by atoms with Gasteiger partial charge in [-0.15, -0.1) is 0 Å². The van der Waals surface area contributed by atoms with E-state index >= 15 is 0 Å². The largest absolute Gasteiger partial charge is 0.493 e. The lowest BCUT2D eigenvalue weighted by Crippen LogP contribution is -2.35. The van der Waals surface area contributed by atoms with Gasteiger partial charge >= 0.3 is 0 Å². The molecule has 8 nitrogen and oxygen atoms in total. The molecule has 8 heteroatoms. The molecule has 1 aromatic heterocycles. The van der Waals surface area contributed by atoms with E-state index in [9.17, 15) is 9.59 Å². The Bertz CT molecular complexity index is 1160. The van der Waals surface area contributed by atoms with E-state index in [0.717, 1.165) is 19.4 Å². The molecule has 0 unspecified atom stereocenters. The first-order chi connectivity index (χ1) is 15.6. The second kappa shape index (κ2) is 9.74. The molecule has 3 aromatic rings. The smallest absolute Gasteiger partial charge is 0.258 e. The van der Waals surface area contributed by atoms with Crippen LogP contribution in [0.25, 0.3) is 22.1 Å². The molecule has 168 valence electrons. The Kier molecular flexibility index (Phi) is 6.61. The summed E-state index contributed by atoms with van der Waals surface area (Å²) in [7, 11) is 3.09. The van der Waals surface area contributed by atoms with Crippen molar-refractivity contribution in [1.82, 2.24) is 5.32 Å². The van der Waals surface area contributed by atoms with Crippen molar-refractivity contribution >= 4 is 16.9 Å². The van der Waals surface area contributed by atoms with Crippen LogP contribution in [0.4, 0.5) is 0 Å². The Balaban J connectivity index is 1.47. The molecule has 2 heterocycles. The van der Waals surface area contributed by atoms with Gasteiger partial charge in [0.2, 0.25) is 0 Å². The van der Waals surface area contributed by atoms with Gasteiger partial charge in [-0.3, -0.25) is 9.59 Å². The highest BCUT2D eigenvalue weighted by atomic mass is 16.5. The Morgan fingerprint density at radius 1 is 1.12 bits per heavy atom. The normalized spacial score (nSPS) is 15.5. The summed E-state index contributed by atoms with van der Waals surface area (Å²) in [6.45, 7) is 1.09. The molecule has 1 fully saturated rings. The van der Waals surface area contributed by atoms with Gasteiger partial charge in [-0.1, -0.05) is 6.07 Å². The lowest BCUT2D eigenvalue weighted by Gasteiger charge is -2.12. The van der Waals surface area contributed by atoms with Crippen LogP contribution in [-0.4, -0.2) is 46.0 Å². The molecule has 0 aliphatic carbocycles. The van der Waals surface area contributed by atoms with Gasteiger partial charge in [-0.05, 0) is 42.7 Å². The minimum atomic E-state index is -0.231. The summed E-state index contributed by atoms with van der Waals surface area (Å²) in [6.07, 6.45) is 3.46. The number of fused-ring (bicyclic) bond motifs is 1. The number of carbonyl (C=O) groups excluding carboxylic acids is 1. The molecular formula is C24H25NO7. The van der Waals surface area contributed by atoms with Gasteiger partial charge in [0.05, 0.1) is 31.3 Å². The highest BCUT2D eigenvalue weighted by molar-refractivity contribution is 5.83. The van der Waals surface area contributed by atoms with E-state index < -0.39 is 0 Å². The van der Waals surface area contributed by atoms with E-state index in [1.165, 1.54) is 13.4 Å². The highest BCUT2D eigenvalue weighted by Crippen LogP contribution is 2.32. The van der Waals surface area contributed by atoms with Crippen LogP contribution in [0.15, 0.2) is 51.9 Å². The van der Waals surface area contributed by atoms with Crippen LogP contribution < -0.4 is 25.0 Å². The van der Waals surface area contributed by atoms with Crippen LogP contribution in [0.5, 0.6) is 17.2 Å². The average molecular weight is 439 g/mol. The van der Waals surface area contributed by atoms with E-state index in [2.05, 4.69) is 5.32 Å². The first kappa shape index (κ1) is 21.7. The Morgan fingerprint density at radius 3 is 2.72 bits per heavy atom. The number of benzene rings is 2. The number of hydrogen-bond acceptors (Lipinski definition) is 7. The zero-order valence-electron chi connectivity index (χ0n) is 18.0. The third kappa shape index (κ3) is 4.70. The zero-order chi connectivity index (χ0) is 22.5. The third-order valence-electron chi connectivity index (χ3n) is 5.36. The first-order valence-corrected chi connectivity index (χ1v) is 10.4. The summed E-state index contributed by atoms with van der Waals surface area (Å²) in [5.41, 5.74) is 1.25. The fourth-order valence-electron chi connectivity index (χ4n) is 3.63. The van der Waals surface area contributed by atoms with Crippen LogP contribution in [0.1, 0.15) is 12.8 Å². The molecule has 1 atom stereocenters. The Labute approximate surface area is 185 Å². The molecule has 1 saturated heterocycles. The van der Waals surface area contributed by atoms with Crippen LogP contribution in [0.3, 0.4) is 0 Å². The van der Waals surface area contributed by atoms with Crippen molar-refractivity contribution < 1.29 is 28.2 Å². The number of methoxy groups -OCH3 is 2. The summed E-state index contributed by atoms with van der Waals surface area (Å²) in [5, 5.41) is 3.21. The molecule has 1 amide bonds. The Morgan fingerprint density at radius 2 is 1.97 bits per heavy atom. The molecule has 1 aliphatic heterocycles. The number of ether oxygens (including phenoxy) is 4. The molecule has 1 aliphatic rings. The van der Waals surface area contributed by atoms with E-state index in [1.807, 2.05) is 0 Å². The van der Waals surface area contributed by atoms with Crippen molar-refractivity contribution in [1.29, 1.82) is 0 Å². The summed E-state index contributed by atoms with van der Waals surface area (Å²) in [6, 6.07) is 10.1. The van der Waals surface area contributed by atoms with Gasteiger partial charge in [-0.2, -0.15) is 0 Å². The molecule has 0 saturated carbocycles. The summed E-state index contributed by atoms with van der Waals surface area (Å²) >= 11 is 0. The van der Waals surface area contributed by atoms with Crippen molar-refractivity contribution in [3.8, 4) is 28.4 Å². The van der Waals surface area contributed by atoms with Crippen molar-refractivity contribution in [2.24, 2.45) is 0 Å². The molecule has 2 aromatic carbocycles. The number of hydrogen-bond donors (Lipinski definition) is 1. The number of rotatable bonds is 8. The fourth-order valence-corrected chi connectivity index (χ4v) is 3.63. The van der Waals surface area contributed by atoms with Gasteiger partial charge in [0, 0.05) is 19.2 Å². The Hall–Kier alpha value is -3.52. The van der Waals surface area contributed by atoms with Crippen LogP contribution in [0.2, 0.25) is 0 Å². The SMILES string of the molecule is COc1ccc(-c2coc3cc(OCC(=O)NC[C@H]4CCCO4)ccc3c2=O)cc1OC.